The van der Waals surface area contributed by atoms with Gasteiger partial charge in [0, 0.05) is 6.42 Å². The Morgan fingerprint density at radius 3 is 2.68 bits per heavy atom. The predicted octanol–water partition coefficient (Wildman–Crippen LogP) is 4.48. The lowest BCUT2D eigenvalue weighted by atomic mass is 10.1. The van der Waals surface area contributed by atoms with Crippen molar-refractivity contribution in [3.63, 3.8) is 0 Å². The summed E-state index contributed by atoms with van der Waals surface area (Å²) in [5.74, 6) is 6.19. The fraction of sp³-hybridized carbons (Fsp3) is 0.500. The fourth-order valence-corrected chi connectivity index (χ4v) is 2.07. The molecule has 1 aromatic carbocycles. The van der Waals surface area contributed by atoms with Crippen LogP contribution < -0.4 is 0 Å². The van der Waals surface area contributed by atoms with Gasteiger partial charge in [0.05, 0.1) is 18.8 Å². The summed E-state index contributed by atoms with van der Waals surface area (Å²) < 4.78 is 5.77. The maximum atomic E-state index is 9.68. The van der Waals surface area contributed by atoms with Gasteiger partial charge in [0.25, 0.3) is 0 Å². The SMILES string of the molecule is C=C(C#CCC(C)OCc1ccccc1)CCC(O)CCC. The van der Waals surface area contributed by atoms with Crippen molar-refractivity contribution < 1.29 is 9.84 Å². The predicted molar refractivity (Wildman–Crippen MR) is 92.4 cm³/mol. The van der Waals surface area contributed by atoms with Crippen LogP contribution in [-0.2, 0) is 11.3 Å². The van der Waals surface area contributed by atoms with E-state index in [-0.39, 0.29) is 12.2 Å². The zero-order valence-corrected chi connectivity index (χ0v) is 13.8. The molecule has 0 bridgehead atoms. The first kappa shape index (κ1) is 18.5. The van der Waals surface area contributed by atoms with E-state index >= 15 is 0 Å². The summed E-state index contributed by atoms with van der Waals surface area (Å²) in [4.78, 5) is 0. The highest BCUT2D eigenvalue weighted by Crippen LogP contribution is 2.09. The Morgan fingerprint density at radius 1 is 1.27 bits per heavy atom. The highest BCUT2D eigenvalue weighted by molar-refractivity contribution is 5.25. The van der Waals surface area contributed by atoms with E-state index in [2.05, 4.69) is 37.5 Å². The van der Waals surface area contributed by atoms with Crippen LogP contribution in [0.5, 0.6) is 0 Å². The fourth-order valence-electron chi connectivity index (χ4n) is 2.07. The molecule has 0 aliphatic heterocycles. The van der Waals surface area contributed by atoms with Gasteiger partial charge in [-0.3, -0.25) is 0 Å². The standard InChI is InChI=1S/C20H28O2/c1-4-9-20(21)15-14-17(2)10-8-11-18(3)22-16-19-12-6-5-7-13-19/h5-7,12-13,18,20-21H,2,4,9,11,14-16H2,1,3H3. The third-order valence-electron chi connectivity index (χ3n) is 3.43. The number of aliphatic hydroxyl groups is 1. The molecule has 2 atom stereocenters. The van der Waals surface area contributed by atoms with Gasteiger partial charge in [-0.15, -0.1) is 0 Å². The third-order valence-corrected chi connectivity index (χ3v) is 3.43. The number of hydrogen-bond donors (Lipinski definition) is 1. The molecule has 0 spiro atoms. The Bertz CT molecular complexity index is 481. The molecule has 0 amide bonds. The molecule has 1 rings (SSSR count). The maximum Gasteiger partial charge on any atom is 0.0720 e. The molecule has 2 heteroatoms. The van der Waals surface area contributed by atoms with Gasteiger partial charge in [0.2, 0.25) is 0 Å². The second-order valence-corrected chi connectivity index (χ2v) is 5.70. The number of hydrogen-bond acceptors (Lipinski definition) is 2. The highest BCUT2D eigenvalue weighted by Gasteiger charge is 2.03. The molecule has 0 aliphatic carbocycles. The first-order chi connectivity index (χ1) is 10.6. The highest BCUT2D eigenvalue weighted by atomic mass is 16.5. The molecular weight excluding hydrogens is 272 g/mol. The van der Waals surface area contributed by atoms with Gasteiger partial charge in [-0.25, -0.2) is 0 Å². The largest absolute Gasteiger partial charge is 0.393 e. The van der Waals surface area contributed by atoms with Crippen molar-refractivity contribution in [1.82, 2.24) is 0 Å². The van der Waals surface area contributed by atoms with Crippen LogP contribution in [0.3, 0.4) is 0 Å². The lowest BCUT2D eigenvalue weighted by Gasteiger charge is -2.10. The summed E-state index contributed by atoms with van der Waals surface area (Å²) >= 11 is 0. The number of rotatable bonds is 9. The van der Waals surface area contributed by atoms with Crippen molar-refractivity contribution in [2.75, 3.05) is 0 Å². The Kier molecular flexibility index (Phi) is 9.30. The zero-order valence-electron chi connectivity index (χ0n) is 13.8. The van der Waals surface area contributed by atoms with Crippen LogP contribution in [0.2, 0.25) is 0 Å². The minimum atomic E-state index is -0.225. The summed E-state index contributed by atoms with van der Waals surface area (Å²) in [5, 5.41) is 9.68. The Hall–Kier alpha value is -1.56. The molecule has 120 valence electrons. The Balaban J connectivity index is 2.20. The minimum Gasteiger partial charge on any atom is -0.393 e. The van der Waals surface area contributed by atoms with Crippen molar-refractivity contribution in [3.05, 3.63) is 48.0 Å². The number of allylic oxidation sites excluding steroid dienone is 1. The molecule has 2 nitrogen and oxygen atoms in total. The minimum absolute atomic E-state index is 0.103. The average Bonchev–Trinajstić information content (AvgIpc) is 2.52. The molecule has 2 unspecified atom stereocenters. The van der Waals surface area contributed by atoms with Crippen molar-refractivity contribution >= 4 is 0 Å². The van der Waals surface area contributed by atoms with E-state index in [1.807, 2.05) is 25.1 Å². The van der Waals surface area contributed by atoms with E-state index in [4.69, 9.17) is 4.74 Å². The van der Waals surface area contributed by atoms with Crippen LogP contribution in [-0.4, -0.2) is 17.3 Å². The molecule has 22 heavy (non-hydrogen) atoms. The van der Waals surface area contributed by atoms with Crippen molar-refractivity contribution in [2.24, 2.45) is 0 Å². The average molecular weight is 300 g/mol. The summed E-state index contributed by atoms with van der Waals surface area (Å²) in [7, 11) is 0. The number of aliphatic hydroxyl groups excluding tert-OH is 1. The maximum absolute atomic E-state index is 9.68. The zero-order chi connectivity index (χ0) is 16.2. The second kappa shape index (κ2) is 11.1. The van der Waals surface area contributed by atoms with Crippen LogP contribution in [0.15, 0.2) is 42.5 Å². The summed E-state index contributed by atoms with van der Waals surface area (Å²) in [6, 6.07) is 10.1. The molecule has 0 heterocycles. The molecule has 1 aromatic rings. The van der Waals surface area contributed by atoms with Crippen LogP contribution >= 0.6 is 0 Å². The number of ether oxygens (including phenoxy) is 1. The van der Waals surface area contributed by atoms with Crippen molar-refractivity contribution in [2.45, 2.75) is 64.8 Å². The van der Waals surface area contributed by atoms with Crippen LogP contribution in [0.1, 0.15) is 51.5 Å². The number of benzene rings is 1. The van der Waals surface area contributed by atoms with Crippen LogP contribution in [0.25, 0.3) is 0 Å². The summed E-state index contributed by atoms with van der Waals surface area (Å²) in [6.45, 7) is 8.68. The quantitative estimate of drug-likeness (QED) is 0.681. The molecule has 0 radical (unpaired) electrons. The van der Waals surface area contributed by atoms with Gasteiger partial charge in [0.15, 0.2) is 0 Å². The van der Waals surface area contributed by atoms with E-state index in [1.165, 1.54) is 5.56 Å². The topological polar surface area (TPSA) is 29.5 Å². The smallest absolute Gasteiger partial charge is 0.0720 e. The lowest BCUT2D eigenvalue weighted by Crippen LogP contribution is -2.07. The first-order valence-corrected chi connectivity index (χ1v) is 8.12. The summed E-state index contributed by atoms with van der Waals surface area (Å²) in [6.07, 6.45) is 3.96. The monoisotopic (exact) mass is 300 g/mol. The summed E-state index contributed by atoms with van der Waals surface area (Å²) in [5.41, 5.74) is 2.07. The molecule has 0 fully saturated rings. The third kappa shape index (κ3) is 8.67. The van der Waals surface area contributed by atoms with E-state index < -0.39 is 0 Å². The van der Waals surface area contributed by atoms with E-state index in [0.29, 0.717) is 13.0 Å². The molecule has 0 saturated heterocycles. The van der Waals surface area contributed by atoms with Gasteiger partial charge in [-0.1, -0.05) is 62.1 Å². The van der Waals surface area contributed by atoms with Gasteiger partial charge >= 0.3 is 0 Å². The van der Waals surface area contributed by atoms with Gasteiger partial charge in [0.1, 0.15) is 0 Å². The van der Waals surface area contributed by atoms with Crippen LogP contribution in [0, 0.1) is 11.8 Å². The van der Waals surface area contributed by atoms with E-state index in [1.54, 1.807) is 0 Å². The lowest BCUT2D eigenvalue weighted by molar-refractivity contribution is 0.0566. The molecule has 0 saturated carbocycles. The molecule has 0 aromatic heterocycles. The van der Waals surface area contributed by atoms with E-state index in [9.17, 15) is 5.11 Å². The Morgan fingerprint density at radius 2 is 2.00 bits per heavy atom. The van der Waals surface area contributed by atoms with Gasteiger partial charge < -0.3 is 9.84 Å². The second-order valence-electron chi connectivity index (χ2n) is 5.70. The molecule has 1 N–H and O–H groups in total. The van der Waals surface area contributed by atoms with E-state index in [0.717, 1.165) is 31.3 Å². The Labute approximate surface area is 135 Å². The first-order valence-electron chi connectivity index (χ1n) is 8.12. The van der Waals surface area contributed by atoms with Crippen LogP contribution in [0.4, 0.5) is 0 Å². The molecular formula is C20H28O2. The molecule has 0 aliphatic rings. The van der Waals surface area contributed by atoms with Crippen molar-refractivity contribution in [1.29, 1.82) is 0 Å². The van der Waals surface area contributed by atoms with Gasteiger partial charge in [-0.2, -0.15) is 0 Å². The van der Waals surface area contributed by atoms with Gasteiger partial charge in [-0.05, 0) is 37.3 Å². The van der Waals surface area contributed by atoms with Crippen molar-refractivity contribution in [3.8, 4) is 11.8 Å². The normalized spacial score (nSPS) is 13.0.